The second-order valence-electron chi connectivity index (χ2n) is 29.9. The highest BCUT2D eigenvalue weighted by molar-refractivity contribution is 5.99. The van der Waals surface area contributed by atoms with Gasteiger partial charge in [0.2, 0.25) is 53.2 Å². The van der Waals surface area contributed by atoms with E-state index in [0.29, 0.717) is 0 Å². The Morgan fingerprint density at radius 3 is 0.835 bits per heavy atom. The molecule has 1 rings (SSSR count). The molecule has 0 fully saturated rings. The highest BCUT2D eigenvalue weighted by Gasteiger charge is 2.40. The van der Waals surface area contributed by atoms with Crippen LogP contribution in [0.2, 0.25) is 0 Å². The fourth-order valence-corrected chi connectivity index (χ4v) is 9.85. The van der Waals surface area contributed by atoms with Crippen LogP contribution in [0.25, 0.3) is 0 Å². The van der Waals surface area contributed by atoms with Crippen LogP contribution in [0.5, 0.6) is 0 Å². The topological polar surface area (TPSA) is 327 Å². The maximum absolute atomic E-state index is 14.5. The van der Waals surface area contributed by atoms with E-state index in [4.69, 9.17) is 9.47 Å². The maximum Gasteiger partial charge on any atom is 0.408 e. The van der Waals surface area contributed by atoms with Gasteiger partial charge < -0.3 is 62.6 Å². The van der Waals surface area contributed by atoms with Gasteiger partial charge in [0.15, 0.2) is 0 Å². The van der Waals surface area contributed by atoms with Crippen molar-refractivity contribution in [1.82, 2.24) is 53.2 Å². The highest BCUT2D eigenvalue weighted by Crippen LogP contribution is 2.19. The summed E-state index contributed by atoms with van der Waals surface area (Å²) < 4.78 is 10.9. The molecule has 518 valence electrons. The Morgan fingerprint density at radius 1 is 0.330 bits per heavy atom. The number of amides is 10. The lowest BCUT2D eigenvalue weighted by atomic mass is 9.96. The lowest BCUT2D eigenvalue weighted by molar-refractivity contribution is -0.153. The number of rotatable bonds is 38. The molecule has 0 heterocycles. The van der Waals surface area contributed by atoms with Crippen LogP contribution in [0.4, 0.5) is 4.79 Å². The minimum absolute atomic E-state index is 0.00575. The van der Waals surface area contributed by atoms with E-state index >= 15 is 0 Å². The van der Waals surface area contributed by atoms with Gasteiger partial charge in [0.05, 0.1) is 0 Å². The van der Waals surface area contributed by atoms with E-state index in [1.807, 2.05) is 129 Å². The van der Waals surface area contributed by atoms with E-state index in [1.165, 1.54) is 27.7 Å². The summed E-state index contributed by atoms with van der Waals surface area (Å²) in [5, 5.41) is 27.9. The average molecular weight is 1280 g/mol. The lowest BCUT2D eigenvalue weighted by Gasteiger charge is -2.32. The number of esters is 1. The molecule has 10 amide bonds. The quantitative estimate of drug-likeness (QED) is 0.0294. The molecule has 23 heteroatoms. The first kappa shape index (κ1) is 82.2. The van der Waals surface area contributed by atoms with Crippen LogP contribution in [0.15, 0.2) is 30.3 Å². The standard InChI is InChI=1S/C68H118N10O13/c1-38(2)29-47(55(79)69-50(32-41(7)8)58(82)74-54(36-45(15)16)62(86)78-68(22,23)64(88)90-37-46-27-25-24-26-28-46)71-59(83)51(33-42(9)10)75-63(87)67(20,21)77-61(85)53(35-44(13)14)73-57(81)49(31-40(5)6)70-56(80)48(30-39(3)4)72-60(84)52(34-43(11)12)76-65(89)91-66(17,18)19/h24-28,38-45,47-54H,29-37H2,1-23H3,(H,69,79)(H,70,80)(H,71,83)(H,72,84)(H,73,81)(H,74,82)(H,75,87)(H,76,89)(H,77,85)(H,78,86)/t47-,48-,49-,50-,51-,52-,53-,54-/m0/s1. The number of nitrogens with one attached hydrogen (secondary N) is 10. The van der Waals surface area contributed by atoms with Gasteiger partial charge in [-0.3, -0.25) is 43.2 Å². The summed E-state index contributed by atoms with van der Waals surface area (Å²) in [5.74, 6) is -7.57. The van der Waals surface area contributed by atoms with Gasteiger partial charge in [0.25, 0.3) is 0 Å². The second-order valence-corrected chi connectivity index (χ2v) is 29.9. The van der Waals surface area contributed by atoms with Gasteiger partial charge in [-0.15, -0.1) is 0 Å². The minimum atomic E-state index is -1.69. The summed E-state index contributed by atoms with van der Waals surface area (Å²) in [4.78, 5) is 154. The molecule has 91 heavy (non-hydrogen) atoms. The molecule has 0 aliphatic heterocycles. The molecule has 0 saturated heterocycles. The van der Waals surface area contributed by atoms with Crippen molar-refractivity contribution in [2.45, 2.75) is 282 Å². The van der Waals surface area contributed by atoms with E-state index in [1.54, 1.807) is 32.9 Å². The first-order valence-corrected chi connectivity index (χ1v) is 32.8. The SMILES string of the molecule is CC(C)C[C@H](NC(=O)OC(C)(C)C)C(=O)N[C@@H](CC(C)C)C(=O)N[C@@H](CC(C)C)C(=O)N[C@@H](CC(C)C)C(=O)NC(C)(C)C(=O)N[C@@H](CC(C)C)C(=O)N[C@@H](CC(C)C)C(=O)N[C@@H](CC(C)C)C(=O)N[C@@H](CC(C)C)C(=O)NC(C)(C)C(=O)OCc1ccccc1. The summed E-state index contributed by atoms with van der Waals surface area (Å²) in [6.07, 6.45) is 0.556. The van der Waals surface area contributed by atoms with Crippen LogP contribution in [-0.2, 0) is 64.0 Å². The Hall–Kier alpha value is -6.81. The fourth-order valence-electron chi connectivity index (χ4n) is 9.85. The minimum Gasteiger partial charge on any atom is -0.459 e. The third-order valence-electron chi connectivity index (χ3n) is 14.2. The molecule has 1 aromatic carbocycles. The first-order chi connectivity index (χ1) is 41.8. The van der Waals surface area contributed by atoms with Crippen molar-refractivity contribution >= 4 is 65.2 Å². The second kappa shape index (κ2) is 38.3. The summed E-state index contributed by atoms with van der Waals surface area (Å²) in [5.41, 5.74) is -3.22. The maximum atomic E-state index is 14.5. The number of ether oxygens (including phenoxy) is 2. The van der Waals surface area contributed by atoms with Crippen LogP contribution in [-0.4, -0.2) is 130 Å². The number of carbonyl (C=O) groups excluding carboxylic acids is 11. The molecule has 0 radical (unpaired) electrons. The molecule has 0 aliphatic carbocycles. The van der Waals surface area contributed by atoms with Crippen LogP contribution in [0.3, 0.4) is 0 Å². The molecule has 8 atom stereocenters. The number of benzene rings is 1. The normalized spacial score (nSPS) is 14.8. The van der Waals surface area contributed by atoms with Gasteiger partial charge in [-0.25, -0.2) is 9.59 Å². The van der Waals surface area contributed by atoms with Gasteiger partial charge in [-0.1, -0.05) is 141 Å². The molecule has 0 bridgehead atoms. The van der Waals surface area contributed by atoms with Crippen molar-refractivity contribution < 1.29 is 62.2 Å². The molecule has 10 N–H and O–H groups in total. The van der Waals surface area contributed by atoms with Crippen LogP contribution >= 0.6 is 0 Å². The predicted octanol–water partition coefficient (Wildman–Crippen LogP) is 7.18. The van der Waals surface area contributed by atoms with Crippen LogP contribution < -0.4 is 53.2 Å². The molecular weight excluding hydrogens is 1160 g/mol. The molecule has 0 aromatic heterocycles. The number of hydrogen-bond acceptors (Lipinski definition) is 13. The predicted molar refractivity (Wildman–Crippen MR) is 353 cm³/mol. The number of hydrogen-bond donors (Lipinski definition) is 10. The monoisotopic (exact) mass is 1280 g/mol. The van der Waals surface area contributed by atoms with E-state index < -0.39 is 130 Å². The zero-order valence-corrected chi connectivity index (χ0v) is 59.3. The van der Waals surface area contributed by atoms with Gasteiger partial charge in [0, 0.05) is 0 Å². The molecule has 0 unspecified atom stereocenters. The van der Waals surface area contributed by atoms with Gasteiger partial charge in [0.1, 0.15) is 71.6 Å². The number of alkyl carbamates (subject to hydrolysis) is 1. The first-order valence-electron chi connectivity index (χ1n) is 32.8. The Balaban J connectivity index is 3.45. The van der Waals surface area contributed by atoms with Crippen molar-refractivity contribution in [3.05, 3.63) is 35.9 Å². The third-order valence-corrected chi connectivity index (χ3v) is 14.2. The zero-order chi connectivity index (χ0) is 70.1. The fraction of sp³-hybridized carbons (Fsp3) is 0.750. The Labute approximate surface area is 544 Å². The lowest BCUT2D eigenvalue weighted by Crippen LogP contribution is -2.63. The Bertz CT molecular complexity index is 2540. The van der Waals surface area contributed by atoms with Crippen molar-refractivity contribution in [2.24, 2.45) is 47.3 Å². The van der Waals surface area contributed by atoms with E-state index in [9.17, 15) is 52.7 Å². The molecule has 23 nitrogen and oxygen atoms in total. The molecule has 0 aliphatic rings. The van der Waals surface area contributed by atoms with Crippen molar-refractivity contribution in [2.75, 3.05) is 0 Å². The summed E-state index contributed by atoms with van der Waals surface area (Å²) >= 11 is 0. The Morgan fingerprint density at radius 2 is 0.571 bits per heavy atom. The zero-order valence-electron chi connectivity index (χ0n) is 59.3. The summed E-state index contributed by atoms with van der Waals surface area (Å²) in [6.45, 7) is 40.9. The van der Waals surface area contributed by atoms with E-state index in [2.05, 4.69) is 53.2 Å². The molecule has 1 aromatic rings. The van der Waals surface area contributed by atoms with E-state index in [-0.39, 0.29) is 105 Å². The summed E-state index contributed by atoms with van der Waals surface area (Å²) in [7, 11) is 0. The highest BCUT2D eigenvalue weighted by atomic mass is 16.6. The molecular formula is C68H118N10O13. The van der Waals surface area contributed by atoms with Gasteiger partial charge >= 0.3 is 12.1 Å². The van der Waals surface area contributed by atoms with E-state index in [0.717, 1.165) is 5.56 Å². The number of carbonyl (C=O) groups is 11. The van der Waals surface area contributed by atoms with Crippen LogP contribution in [0.1, 0.15) is 216 Å². The average Bonchev–Trinajstić information content (AvgIpc) is 1.16. The van der Waals surface area contributed by atoms with Crippen molar-refractivity contribution in [3.8, 4) is 0 Å². The van der Waals surface area contributed by atoms with Crippen LogP contribution in [0, 0.1) is 47.3 Å². The van der Waals surface area contributed by atoms with Gasteiger partial charge in [-0.2, -0.15) is 0 Å². The van der Waals surface area contributed by atoms with Gasteiger partial charge in [-0.05, 0) is 153 Å². The smallest absolute Gasteiger partial charge is 0.408 e. The Kier molecular flexibility index (Phi) is 34.6. The largest absolute Gasteiger partial charge is 0.459 e. The third kappa shape index (κ3) is 32.9. The van der Waals surface area contributed by atoms with Crippen molar-refractivity contribution in [3.63, 3.8) is 0 Å². The molecule has 0 saturated carbocycles. The summed E-state index contributed by atoms with van der Waals surface area (Å²) in [6, 6.07) is -0.0862. The van der Waals surface area contributed by atoms with Crippen molar-refractivity contribution in [1.29, 1.82) is 0 Å². The molecule has 0 spiro atoms.